The van der Waals surface area contributed by atoms with E-state index in [9.17, 15) is 4.79 Å². The molecule has 0 saturated heterocycles. The van der Waals surface area contributed by atoms with Crippen LogP contribution in [-0.2, 0) is 17.9 Å². The van der Waals surface area contributed by atoms with Gasteiger partial charge in [-0.1, -0.05) is 24.3 Å². The summed E-state index contributed by atoms with van der Waals surface area (Å²) in [5, 5.41) is 2.94. The van der Waals surface area contributed by atoms with Gasteiger partial charge in [-0.25, -0.2) is 0 Å². The molecule has 0 radical (unpaired) electrons. The molecule has 0 fully saturated rings. The van der Waals surface area contributed by atoms with E-state index in [1.807, 2.05) is 38.1 Å². The van der Waals surface area contributed by atoms with Crippen molar-refractivity contribution >= 4 is 5.91 Å². The van der Waals surface area contributed by atoms with Crippen LogP contribution in [0.15, 0.2) is 36.4 Å². The Hall–Kier alpha value is -2.73. The van der Waals surface area contributed by atoms with Gasteiger partial charge in [-0.05, 0) is 37.1 Å². The lowest BCUT2D eigenvalue weighted by molar-refractivity contribution is 0.0651. The Balaban J connectivity index is 2.15. The minimum atomic E-state index is -0.228. The summed E-state index contributed by atoms with van der Waals surface area (Å²) in [4.78, 5) is 12.6. The predicted molar refractivity (Wildman–Crippen MR) is 104 cm³/mol. The Kier molecular flexibility index (Phi) is 7.49. The van der Waals surface area contributed by atoms with E-state index in [0.29, 0.717) is 36.0 Å². The molecule has 2 rings (SSSR count). The third-order valence-corrected chi connectivity index (χ3v) is 4.06. The quantitative estimate of drug-likeness (QED) is 0.728. The molecule has 6 heteroatoms. The van der Waals surface area contributed by atoms with E-state index in [-0.39, 0.29) is 12.0 Å². The lowest BCUT2D eigenvalue weighted by Crippen LogP contribution is -2.23. The molecule has 0 bridgehead atoms. The SMILES string of the molecule is COc1cc(C(=O)NCc2ccccc2COC(C)C)cc(OC)c1OC. The fourth-order valence-electron chi connectivity index (χ4n) is 2.62. The number of carbonyl (C=O) groups is 1. The molecule has 2 aromatic rings. The maximum absolute atomic E-state index is 12.6. The molecule has 0 unspecified atom stereocenters. The largest absolute Gasteiger partial charge is 0.493 e. The summed E-state index contributed by atoms with van der Waals surface area (Å²) >= 11 is 0. The van der Waals surface area contributed by atoms with E-state index in [0.717, 1.165) is 11.1 Å². The normalized spacial score (nSPS) is 10.6. The third-order valence-electron chi connectivity index (χ3n) is 4.06. The van der Waals surface area contributed by atoms with Crippen LogP contribution in [0, 0.1) is 0 Å². The Morgan fingerprint density at radius 3 is 2.07 bits per heavy atom. The Labute approximate surface area is 160 Å². The van der Waals surface area contributed by atoms with Gasteiger partial charge in [0.1, 0.15) is 0 Å². The van der Waals surface area contributed by atoms with E-state index in [4.69, 9.17) is 18.9 Å². The summed E-state index contributed by atoms with van der Waals surface area (Å²) in [6.45, 7) is 4.89. The van der Waals surface area contributed by atoms with Crippen LogP contribution in [0.1, 0.15) is 35.3 Å². The molecule has 0 aliphatic rings. The van der Waals surface area contributed by atoms with Crippen LogP contribution in [0.3, 0.4) is 0 Å². The van der Waals surface area contributed by atoms with Crippen LogP contribution in [0.2, 0.25) is 0 Å². The van der Waals surface area contributed by atoms with E-state index in [1.165, 1.54) is 21.3 Å². The average molecular weight is 373 g/mol. The highest BCUT2D eigenvalue weighted by atomic mass is 16.5. The van der Waals surface area contributed by atoms with Crippen molar-refractivity contribution < 1.29 is 23.7 Å². The molecule has 1 N–H and O–H groups in total. The van der Waals surface area contributed by atoms with Crippen molar-refractivity contribution in [1.82, 2.24) is 5.32 Å². The van der Waals surface area contributed by atoms with Gasteiger partial charge >= 0.3 is 0 Å². The molecular formula is C21H27NO5. The van der Waals surface area contributed by atoms with E-state index >= 15 is 0 Å². The number of nitrogens with one attached hydrogen (secondary N) is 1. The highest BCUT2D eigenvalue weighted by molar-refractivity contribution is 5.95. The van der Waals surface area contributed by atoms with E-state index in [1.54, 1.807) is 12.1 Å². The minimum Gasteiger partial charge on any atom is -0.493 e. The van der Waals surface area contributed by atoms with Crippen LogP contribution >= 0.6 is 0 Å². The van der Waals surface area contributed by atoms with Crippen LogP contribution in [0.4, 0.5) is 0 Å². The number of ether oxygens (including phenoxy) is 4. The van der Waals surface area contributed by atoms with Gasteiger partial charge in [0.25, 0.3) is 5.91 Å². The van der Waals surface area contributed by atoms with Crippen molar-refractivity contribution in [3.8, 4) is 17.2 Å². The zero-order valence-corrected chi connectivity index (χ0v) is 16.5. The van der Waals surface area contributed by atoms with E-state index < -0.39 is 0 Å². The zero-order chi connectivity index (χ0) is 19.8. The van der Waals surface area contributed by atoms with Crippen LogP contribution in [0.25, 0.3) is 0 Å². The molecule has 0 aromatic heterocycles. The molecule has 1 amide bonds. The van der Waals surface area contributed by atoms with Crippen molar-refractivity contribution in [1.29, 1.82) is 0 Å². The standard InChI is InChI=1S/C21H27NO5/c1-14(2)27-13-16-9-7-6-8-15(16)12-22-21(23)17-10-18(24-3)20(26-5)19(11-17)25-4/h6-11,14H,12-13H2,1-5H3,(H,22,23). The molecular weight excluding hydrogens is 346 g/mol. The van der Waals surface area contributed by atoms with Gasteiger partial charge < -0.3 is 24.3 Å². The van der Waals surface area contributed by atoms with Gasteiger partial charge in [0.2, 0.25) is 5.75 Å². The van der Waals surface area contributed by atoms with Crippen molar-refractivity contribution in [3.63, 3.8) is 0 Å². The van der Waals surface area contributed by atoms with Crippen molar-refractivity contribution in [3.05, 3.63) is 53.1 Å². The maximum atomic E-state index is 12.6. The Morgan fingerprint density at radius 2 is 1.56 bits per heavy atom. The van der Waals surface area contributed by atoms with Crippen molar-refractivity contribution in [2.24, 2.45) is 0 Å². The van der Waals surface area contributed by atoms with Gasteiger partial charge in [-0.15, -0.1) is 0 Å². The van der Waals surface area contributed by atoms with Gasteiger partial charge in [-0.3, -0.25) is 4.79 Å². The predicted octanol–water partition coefficient (Wildman–Crippen LogP) is 3.57. The number of amides is 1. The number of benzene rings is 2. The number of rotatable bonds is 9. The number of methoxy groups -OCH3 is 3. The molecule has 0 aliphatic carbocycles. The molecule has 146 valence electrons. The second-order valence-electron chi connectivity index (χ2n) is 6.23. The van der Waals surface area contributed by atoms with Crippen LogP contribution in [0.5, 0.6) is 17.2 Å². The molecule has 0 saturated carbocycles. The summed E-state index contributed by atoms with van der Waals surface area (Å²) in [6.07, 6.45) is 0.145. The maximum Gasteiger partial charge on any atom is 0.251 e. The second kappa shape index (κ2) is 9.83. The lowest BCUT2D eigenvalue weighted by Gasteiger charge is -2.15. The monoisotopic (exact) mass is 373 g/mol. The average Bonchev–Trinajstić information content (AvgIpc) is 2.69. The molecule has 27 heavy (non-hydrogen) atoms. The van der Waals surface area contributed by atoms with Gasteiger partial charge in [0.05, 0.1) is 34.0 Å². The highest BCUT2D eigenvalue weighted by Crippen LogP contribution is 2.38. The second-order valence-corrected chi connectivity index (χ2v) is 6.23. The first-order chi connectivity index (χ1) is 13.0. The molecule has 2 aromatic carbocycles. The van der Waals surface area contributed by atoms with E-state index in [2.05, 4.69) is 5.32 Å². The van der Waals surface area contributed by atoms with Gasteiger partial charge in [0.15, 0.2) is 11.5 Å². The van der Waals surface area contributed by atoms with Crippen molar-refractivity contribution in [2.45, 2.75) is 33.1 Å². The summed E-state index contributed by atoms with van der Waals surface area (Å²) < 4.78 is 21.6. The minimum absolute atomic E-state index is 0.145. The summed E-state index contributed by atoms with van der Waals surface area (Å²) in [5.41, 5.74) is 2.50. The summed E-state index contributed by atoms with van der Waals surface area (Å²) in [6, 6.07) is 11.1. The fourth-order valence-corrected chi connectivity index (χ4v) is 2.62. The number of hydrogen-bond acceptors (Lipinski definition) is 5. The molecule has 0 aliphatic heterocycles. The molecule has 0 spiro atoms. The van der Waals surface area contributed by atoms with Gasteiger partial charge in [-0.2, -0.15) is 0 Å². The summed E-state index contributed by atoms with van der Waals surface area (Å²) in [5.74, 6) is 1.10. The molecule has 6 nitrogen and oxygen atoms in total. The Bertz CT molecular complexity index is 748. The number of carbonyl (C=O) groups excluding carboxylic acids is 1. The highest BCUT2D eigenvalue weighted by Gasteiger charge is 2.17. The first kappa shape index (κ1) is 20.6. The van der Waals surface area contributed by atoms with Crippen LogP contribution in [-0.4, -0.2) is 33.3 Å². The molecule has 0 atom stereocenters. The molecule has 0 heterocycles. The number of hydrogen-bond donors (Lipinski definition) is 1. The first-order valence-corrected chi connectivity index (χ1v) is 8.76. The van der Waals surface area contributed by atoms with Crippen LogP contribution < -0.4 is 19.5 Å². The summed E-state index contributed by atoms with van der Waals surface area (Å²) in [7, 11) is 4.56. The zero-order valence-electron chi connectivity index (χ0n) is 16.5. The third kappa shape index (κ3) is 5.37. The first-order valence-electron chi connectivity index (χ1n) is 8.76. The fraction of sp³-hybridized carbons (Fsp3) is 0.381. The lowest BCUT2D eigenvalue weighted by atomic mass is 10.1. The van der Waals surface area contributed by atoms with Gasteiger partial charge in [0, 0.05) is 12.1 Å². The van der Waals surface area contributed by atoms with Crippen molar-refractivity contribution in [2.75, 3.05) is 21.3 Å². The Morgan fingerprint density at radius 1 is 0.963 bits per heavy atom. The smallest absolute Gasteiger partial charge is 0.251 e. The topological polar surface area (TPSA) is 66.0 Å².